The highest BCUT2D eigenvalue weighted by Crippen LogP contribution is 2.16. The standard InChI is InChI=1S/C22H46.C6H8O7/c1-3-5-7-9-11-13-15-17-19-21-22-20-18-16-14-12-10-8-6-4-2;7-3(8)1-6(13,5(11)12)2-4(9)10/h3-22H2,1-2H3;13H,1-2H2,(H,7,8)(H,9,10)(H,11,12). The maximum absolute atomic E-state index is 10.3. The minimum Gasteiger partial charge on any atom is -0.481 e. The van der Waals surface area contributed by atoms with Crippen LogP contribution in [0.25, 0.3) is 0 Å². The number of carboxylic acids is 3. The number of hydrogen-bond donors (Lipinski definition) is 4. The molecular formula is C28H54O7. The lowest BCUT2D eigenvalue weighted by Gasteiger charge is -2.18. The van der Waals surface area contributed by atoms with E-state index in [0.29, 0.717) is 0 Å². The van der Waals surface area contributed by atoms with Crippen molar-refractivity contribution < 1.29 is 34.8 Å². The highest BCUT2D eigenvalue weighted by atomic mass is 16.4. The van der Waals surface area contributed by atoms with E-state index in [1.807, 2.05) is 0 Å². The van der Waals surface area contributed by atoms with E-state index < -0.39 is 36.4 Å². The van der Waals surface area contributed by atoms with Crippen LogP contribution >= 0.6 is 0 Å². The summed E-state index contributed by atoms with van der Waals surface area (Å²) in [5.41, 5.74) is -2.74. The number of carboxylic acid groups (broad SMARTS) is 3. The van der Waals surface area contributed by atoms with Crippen molar-refractivity contribution in [1.82, 2.24) is 0 Å². The van der Waals surface area contributed by atoms with Crippen LogP contribution in [0.4, 0.5) is 0 Å². The molecule has 7 nitrogen and oxygen atoms in total. The molecule has 7 heteroatoms. The van der Waals surface area contributed by atoms with Crippen molar-refractivity contribution in [3.05, 3.63) is 0 Å². The minimum absolute atomic E-state index is 1.14. The van der Waals surface area contributed by atoms with E-state index in [4.69, 9.17) is 20.4 Å². The van der Waals surface area contributed by atoms with Gasteiger partial charge in [-0.2, -0.15) is 0 Å². The van der Waals surface area contributed by atoms with Gasteiger partial charge in [0.05, 0.1) is 12.8 Å². The van der Waals surface area contributed by atoms with Crippen molar-refractivity contribution in [2.45, 2.75) is 161 Å². The van der Waals surface area contributed by atoms with Crippen LogP contribution in [0, 0.1) is 0 Å². The van der Waals surface area contributed by atoms with Crippen LogP contribution < -0.4 is 0 Å². The predicted octanol–water partition coefficient (Wildman–Crippen LogP) is 7.58. The van der Waals surface area contributed by atoms with Gasteiger partial charge in [0.2, 0.25) is 0 Å². The van der Waals surface area contributed by atoms with Crippen LogP contribution in [0.3, 0.4) is 0 Å². The van der Waals surface area contributed by atoms with Crippen molar-refractivity contribution in [3.8, 4) is 0 Å². The van der Waals surface area contributed by atoms with Gasteiger partial charge in [0.15, 0.2) is 5.60 Å². The first-order valence-electron chi connectivity index (χ1n) is 14.1. The molecule has 0 heterocycles. The summed E-state index contributed by atoms with van der Waals surface area (Å²) >= 11 is 0. The van der Waals surface area contributed by atoms with Gasteiger partial charge in [-0.1, -0.05) is 142 Å². The molecule has 0 saturated carbocycles. The second kappa shape index (κ2) is 25.5. The second-order valence-electron chi connectivity index (χ2n) is 9.84. The van der Waals surface area contributed by atoms with Gasteiger partial charge in [0.1, 0.15) is 0 Å². The molecule has 0 bridgehead atoms. The van der Waals surface area contributed by atoms with Gasteiger partial charge in [-0.3, -0.25) is 9.59 Å². The lowest BCUT2D eigenvalue weighted by atomic mass is 9.96. The van der Waals surface area contributed by atoms with Crippen molar-refractivity contribution in [2.75, 3.05) is 0 Å². The maximum Gasteiger partial charge on any atom is 0.336 e. The van der Waals surface area contributed by atoms with Crippen LogP contribution in [0.2, 0.25) is 0 Å². The molecule has 0 aliphatic carbocycles. The van der Waals surface area contributed by atoms with Gasteiger partial charge in [0.25, 0.3) is 0 Å². The molecule has 208 valence electrons. The first-order chi connectivity index (χ1) is 16.7. The van der Waals surface area contributed by atoms with E-state index in [2.05, 4.69) is 13.8 Å². The molecule has 0 aromatic rings. The zero-order chi connectivity index (χ0) is 26.8. The molecule has 0 amide bonds. The third kappa shape index (κ3) is 26.8. The fourth-order valence-electron chi connectivity index (χ4n) is 4.04. The summed E-state index contributed by atoms with van der Waals surface area (Å²) in [4.78, 5) is 30.5. The van der Waals surface area contributed by atoms with E-state index in [-0.39, 0.29) is 0 Å². The van der Waals surface area contributed by atoms with Crippen LogP contribution in [-0.4, -0.2) is 43.9 Å². The molecule has 0 unspecified atom stereocenters. The first-order valence-corrected chi connectivity index (χ1v) is 14.1. The van der Waals surface area contributed by atoms with Crippen LogP contribution in [0.15, 0.2) is 0 Å². The molecule has 0 saturated heterocycles. The Kier molecular flexibility index (Phi) is 25.8. The Bertz CT molecular complexity index is 483. The van der Waals surface area contributed by atoms with Crippen molar-refractivity contribution in [1.29, 1.82) is 0 Å². The first kappa shape index (κ1) is 35.5. The summed E-state index contributed by atoms with van der Waals surface area (Å²) in [6.45, 7) is 4.60. The summed E-state index contributed by atoms with van der Waals surface area (Å²) < 4.78 is 0. The molecule has 0 aromatic carbocycles. The molecule has 0 spiro atoms. The Hall–Kier alpha value is -1.63. The number of carbonyl (C=O) groups is 3. The molecule has 35 heavy (non-hydrogen) atoms. The molecule has 4 N–H and O–H groups in total. The third-order valence-corrected chi connectivity index (χ3v) is 6.24. The van der Waals surface area contributed by atoms with E-state index in [1.54, 1.807) is 0 Å². The third-order valence-electron chi connectivity index (χ3n) is 6.24. The molecule has 0 aliphatic heterocycles. The normalized spacial score (nSPS) is 11.1. The highest BCUT2D eigenvalue weighted by Gasteiger charge is 2.40. The monoisotopic (exact) mass is 502 g/mol. The van der Waals surface area contributed by atoms with Crippen LogP contribution in [0.5, 0.6) is 0 Å². The summed E-state index contributed by atoms with van der Waals surface area (Å²) in [7, 11) is 0. The summed E-state index contributed by atoms with van der Waals surface area (Å²) in [6.07, 6.45) is 27.1. The van der Waals surface area contributed by atoms with E-state index in [0.717, 1.165) is 0 Å². The van der Waals surface area contributed by atoms with Crippen LogP contribution in [0.1, 0.15) is 155 Å². The van der Waals surface area contributed by atoms with Crippen LogP contribution in [-0.2, 0) is 14.4 Å². The molecule has 0 aliphatic rings. The van der Waals surface area contributed by atoms with Crippen molar-refractivity contribution in [2.24, 2.45) is 0 Å². The largest absolute Gasteiger partial charge is 0.481 e. The van der Waals surface area contributed by atoms with Gasteiger partial charge in [-0.05, 0) is 0 Å². The fourth-order valence-corrected chi connectivity index (χ4v) is 4.04. The lowest BCUT2D eigenvalue weighted by molar-refractivity contribution is -0.170. The van der Waals surface area contributed by atoms with Gasteiger partial charge >= 0.3 is 17.9 Å². The number of rotatable bonds is 24. The molecular weight excluding hydrogens is 448 g/mol. The molecule has 0 atom stereocenters. The lowest BCUT2D eigenvalue weighted by Crippen LogP contribution is -2.42. The molecule has 0 radical (unpaired) electrons. The quantitative estimate of drug-likeness (QED) is 0.1000. The summed E-state index contributed by atoms with van der Waals surface area (Å²) in [5, 5.41) is 33.8. The van der Waals surface area contributed by atoms with Crippen molar-refractivity contribution >= 4 is 17.9 Å². The average molecular weight is 503 g/mol. The topological polar surface area (TPSA) is 132 Å². The minimum atomic E-state index is -2.74. The Balaban J connectivity index is 0. The number of aliphatic hydroxyl groups is 1. The molecule has 0 rings (SSSR count). The Labute approximate surface area is 213 Å². The van der Waals surface area contributed by atoms with E-state index >= 15 is 0 Å². The maximum atomic E-state index is 10.3. The van der Waals surface area contributed by atoms with Gasteiger partial charge in [-0.25, -0.2) is 4.79 Å². The van der Waals surface area contributed by atoms with Gasteiger partial charge in [-0.15, -0.1) is 0 Å². The average Bonchev–Trinajstić information content (AvgIpc) is 2.77. The SMILES string of the molecule is CCCCCCCCCCCCCCCCCCCCCC.O=C(O)CC(O)(CC(=O)O)C(=O)O. The zero-order valence-corrected chi connectivity index (χ0v) is 22.6. The number of aliphatic carboxylic acids is 3. The highest BCUT2D eigenvalue weighted by molar-refractivity contribution is 5.88. The summed E-state index contributed by atoms with van der Waals surface area (Å²) in [5.74, 6) is -5.02. The Morgan fingerprint density at radius 1 is 0.457 bits per heavy atom. The van der Waals surface area contributed by atoms with E-state index in [9.17, 15) is 14.4 Å². The molecule has 0 fully saturated rings. The van der Waals surface area contributed by atoms with E-state index in [1.165, 1.54) is 128 Å². The van der Waals surface area contributed by atoms with Crippen molar-refractivity contribution in [3.63, 3.8) is 0 Å². The number of unbranched alkanes of at least 4 members (excludes halogenated alkanes) is 19. The summed E-state index contributed by atoms with van der Waals surface area (Å²) in [6, 6.07) is 0. The Morgan fingerprint density at radius 3 is 0.800 bits per heavy atom. The van der Waals surface area contributed by atoms with Gasteiger partial charge < -0.3 is 20.4 Å². The fraction of sp³-hybridized carbons (Fsp3) is 0.893. The van der Waals surface area contributed by atoms with Gasteiger partial charge in [0, 0.05) is 0 Å². The Morgan fingerprint density at radius 2 is 0.657 bits per heavy atom. The zero-order valence-electron chi connectivity index (χ0n) is 22.6. The molecule has 0 aromatic heterocycles. The second-order valence-corrected chi connectivity index (χ2v) is 9.84. The predicted molar refractivity (Wildman–Crippen MR) is 141 cm³/mol. The smallest absolute Gasteiger partial charge is 0.336 e. The number of hydrogen-bond acceptors (Lipinski definition) is 4.